The number of thiazole rings is 2. The number of hydrogen-bond acceptors (Lipinski definition) is 12. The van der Waals surface area contributed by atoms with Crippen molar-refractivity contribution in [1.82, 2.24) is 40.2 Å². The number of nitrogens with one attached hydrogen (secondary N) is 2. The Morgan fingerprint density at radius 2 is 1.42 bits per heavy atom. The molecule has 2 aromatic heterocycles. The number of nitrogens with zero attached hydrogens (tertiary/aromatic N) is 6. The van der Waals surface area contributed by atoms with Crippen LogP contribution in [0.3, 0.4) is 0 Å². The third kappa shape index (κ3) is 10.5. The summed E-state index contributed by atoms with van der Waals surface area (Å²) >= 11 is 3.13. The number of likely N-dealkylation sites (N-methyl/N-ethyl adjacent to an activating group) is 1. The highest BCUT2D eigenvalue weighted by atomic mass is 32.1. The van der Waals surface area contributed by atoms with Gasteiger partial charge in [0.1, 0.15) is 35.5 Å². The van der Waals surface area contributed by atoms with Gasteiger partial charge in [-0.2, -0.15) is 0 Å². The van der Waals surface area contributed by atoms with Crippen molar-refractivity contribution in [1.29, 1.82) is 0 Å². The lowest BCUT2D eigenvalue weighted by molar-refractivity contribution is -0.148. The fourth-order valence-electron chi connectivity index (χ4n) is 10.3. The monoisotopic (exact) mass is 1020 g/mol. The van der Waals surface area contributed by atoms with E-state index in [2.05, 4.69) is 20.6 Å². The standard InChI is InChI=1S/C54H64N8O8S2/c1-30(2)45(59(9)34(7)63)51(67)60-27-42(21-44(60)49(65)55-23-35-10-14-37(15-11-35)47-32(5)57-28-71-47)70-41-19-18-39-25-61(50(66)43(39)20-41)46(31(3)4)52(68)62-26-40(64)22-54(62,8)53(69)56-24-36-12-16-38(17-13-36)48-33(6)58-29-72-48/h10-20,28-31,40,42,44-46,64H,21-27H2,1-9H3,(H,55,65)(H,56,69)/t40-,42-,44+,45+,46+,54?/m1/s1. The van der Waals surface area contributed by atoms with E-state index in [1.54, 1.807) is 54.8 Å². The van der Waals surface area contributed by atoms with E-state index < -0.39 is 47.7 Å². The summed E-state index contributed by atoms with van der Waals surface area (Å²) in [6, 6.07) is 18.2. The number of carbonyl (C=O) groups excluding carboxylic acids is 6. The first kappa shape index (κ1) is 51.8. The zero-order valence-corrected chi connectivity index (χ0v) is 43.9. The van der Waals surface area contributed by atoms with E-state index in [1.165, 1.54) is 26.5 Å². The van der Waals surface area contributed by atoms with Crippen LogP contribution in [0, 0.1) is 25.7 Å². The van der Waals surface area contributed by atoms with Gasteiger partial charge in [-0.1, -0.05) is 82.3 Å². The van der Waals surface area contributed by atoms with E-state index in [-0.39, 0.29) is 81.0 Å². The fraction of sp³-hybridized carbons (Fsp3) is 0.444. The van der Waals surface area contributed by atoms with Crippen molar-refractivity contribution >= 4 is 58.1 Å². The van der Waals surface area contributed by atoms with E-state index in [1.807, 2.05) is 101 Å². The molecule has 0 radical (unpaired) electrons. The highest BCUT2D eigenvalue weighted by molar-refractivity contribution is 7.13. The molecule has 16 nitrogen and oxygen atoms in total. The number of amides is 6. The summed E-state index contributed by atoms with van der Waals surface area (Å²) in [5.74, 6) is -2.47. The Morgan fingerprint density at radius 3 is 1.94 bits per heavy atom. The molecule has 3 aliphatic heterocycles. The summed E-state index contributed by atoms with van der Waals surface area (Å²) in [6.45, 7) is 15.0. The van der Waals surface area contributed by atoms with E-state index in [0.29, 0.717) is 16.9 Å². The Labute approximate surface area is 428 Å². The number of aliphatic hydroxyl groups excluding tert-OH is 1. The molecule has 3 aliphatic rings. The number of benzene rings is 3. The second-order valence-corrected chi connectivity index (χ2v) is 21.9. The topological polar surface area (TPSA) is 195 Å². The largest absolute Gasteiger partial charge is 0.488 e. The molecule has 0 aliphatic carbocycles. The van der Waals surface area contributed by atoms with Gasteiger partial charge in [-0.05, 0) is 72.6 Å². The summed E-state index contributed by atoms with van der Waals surface area (Å²) in [7, 11) is 1.58. The van der Waals surface area contributed by atoms with E-state index in [0.717, 1.165) is 43.4 Å². The minimum atomic E-state index is -1.38. The highest BCUT2D eigenvalue weighted by Crippen LogP contribution is 2.37. The van der Waals surface area contributed by atoms with Crippen molar-refractivity contribution in [3.05, 3.63) is 111 Å². The van der Waals surface area contributed by atoms with Crippen LogP contribution < -0.4 is 15.4 Å². The van der Waals surface area contributed by atoms with Gasteiger partial charge in [0, 0.05) is 58.6 Å². The summed E-state index contributed by atoms with van der Waals surface area (Å²) in [4.78, 5) is 101. The molecule has 0 bridgehead atoms. The average Bonchev–Trinajstić information content (AvgIpc) is 4.20. The number of ether oxygens (including phenoxy) is 1. The van der Waals surface area contributed by atoms with Crippen LogP contribution in [0.2, 0.25) is 0 Å². The third-order valence-corrected chi connectivity index (χ3v) is 16.3. The Hall–Kier alpha value is -6.50. The lowest BCUT2D eigenvalue weighted by Gasteiger charge is -2.39. The molecule has 1 unspecified atom stereocenters. The zero-order chi connectivity index (χ0) is 51.8. The molecule has 5 aromatic rings. The lowest BCUT2D eigenvalue weighted by Crippen LogP contribution is -2.60. The maximum absolute atomic E-state index is 14.7. The van der Waals surface area contributed by atoms with Crippen LogP contribution in [-0.2, 0) is 43.6 Å². The molecular formula is C54H64N8O8S2. The van der Waals surface area contributed by atoms with E-state index in [4.69, 9.17) is 4.74 Å². The van der Waals surface area contributed by atoms with Gasteiger partial charge in [-0.25, -0.2) is 9.97 Å². The maximum atomic E-state index is 14.7. The van der Waals surface area contributed by atoms with Crippen LogP contribution in [-0.4, -0.2) is 126 Å². The van der Waals surface area contributed by atoms with Gasteiger partial charge in [0.25, 0.3) is 5.91 Å². The van der Waals surface area contributed by atoms with Crippen LogP contribution >= 0.6 is 22.7 Å². The molecule has 3 aromatic carbocycles. The van der Waals surface area contributed by atoms with E-state index in [9.17, 15) is 33.9 Å². The Balaban J connectivity index is 0.952. The van der Waals surface area contributed by atoms with Crippen LogP contribution in [0.15, 0.2) is 77.8 Å². The Bertz CT molecular complexity index is 2850. The highest BCUT2D eigenvalue weighted by Gasteiger charge is 2.53. The van der Waals surface area contributed by atoms with Crippen molar-refractivity contribution in [2.75, 3.05) is 20.1 Å². The molecule has 5 heterocycles. The second kappa shape index (κ2) is 21.3. The molecule has 0 spiro atoms. The van der Waals surface area contributed by atoms with Gasteiger partial charge in [-0.15, -0.1) is 22.7 Å². The minimum Gasteiger partial charge on any atom is -0.488 e. The predicted octanol–water partition coefficient (Wildman–Crippen LogP) is 6.37. The number of aryl methyl sites for hydroxylation is 2. The minimum absolute atomic E-state index is 0.0359. The van der Waals surface area contributed by atoms with Crippen LogP contribution in [0.5, 0.6) is 5.75 Å². The quantitative estimate of drug-likeness (QED) is 0.100. The summed E-state index contributed by atoms with van der Waals surface area (Å²) in [5, 5.41) is 17.0. The van der Waals surface area contributed by atoms with Crippen molar-refractivity contribution in [3.63, 3.8) is 0 Å². The number of aromatic nitrogens is 2. The molecular weight excluding hydrogens is 953 g/mol. The molecule has 3 N–H and O–H groups in total. The molecule has 6 atom stereocenters. The average molecular weight is 1020 g/mol. The van der Waals surface area contributed by atoms with E-state index >= 15 is 0 Å². The van der Waals surface area contributed by atoms with Crippen molar-refractivity contribution in [2.24, 2.45) is 11.8 Å². The third-order valence-electron chi connectivity index (χ3n) is 14.3. The number of carbonyl (C=O) groups is 6. The first-order valence-electron chi connectivity index (χ1n) is 24.4. The van der Waals surface area contributed by atoms with Crippen LogP contribution in [0.25, 0.3) is 20.9 Å². The summed E-state index contributed by atoms with van der Waals surface area (Å²) in [6.07, 6.45) is -1.39. The van der Waals surface area contributed by atoms with Crippen LogP contribution in [0.4, 0.5) is 0 Å². The smallest absolute Gasteiger partial charge is 0.255 e. The molecule has 72 heavy (non-hydrogen) atoms. The number of β-amino-alcohol motifs (C(OH)–C–C–N with tert-alkyl or cyclic N) is 1. The normalized spacial score (nSPS) is 20.5. The van der Waals surface area contributed by atoms with Crippen molar-refractivity contribution in [3.8, 4) is 26.6 Å². The maximum Gasteiger partial charge on any atom is 0.255 e. The van der Waals surface area contributed by atoms with Gasteiger partial charge in [0.15, 0.2) is 0 Å². The van der Waals surface area contributed by atoms with Crippen molar-refractivity contribution < 1.29 is 38.6 Å². The zero-order valence-electron chi connectivity index (χ0n) is 42.3. The second-order valence-electron chi connectivity index (χ2n) is 20.2. The molecule has 2 fully saturated rings. The number of likely N-dealkylation sites (tertiary alicyclic amines) is 2. The number of rotatable bonds is 16. The molecule has 8 rings (SSSR count). The fourth-order valence-corrected chi connectivity index (χ4v) is 12.0. The van der Waals surface area contributed by atoms with Crippen LogP contribution in [0.1, 0.15) is 92.8 Å². The van der Waals surface area contributed by atoms with Gasteiger partial charge in [0.05, 0.1) is 44.8 Å². The van der Waals surface area contributed by atoms with Gasteiger partial charge >= 0.3 is 0 Å². The molecule has 380 valence electrons. The number of fused-ring (bicyclic) bond motifs is 1. The Kier molecular flexibility index (Phi) is 15.3. The number of hydrogen-bond donors (Lipinski definition) is 3. The van der Waals surface area contributed by atoms with Gasteiger partial charge in [-0.3, -0.25) is 28.8 Å². The summed E-state index contributed by atoms with van der Waals surface area (Å²) in [5.41, 5.74) is 8.99. The first-order valence-corrected chi connectivity index (χ1v) is 26.2. The van der Waals surface area contributed by atoms with Gasteiger partial charge < -0.3 is 40.1 Å². The lowest BCUT2D eigenvalue weighted by atomic mass is 9.94. The first-order chi connectivity index (χ1) is 34.2. The molecule has 0 saturated carbocycles. The van der Waals surface area contributed by atoms with Crippen molar-refractivity contribution in [2.45, 2.75) is 124 Å². The number of aliphatic hydroxyl groups is 1. The molecule has 2 saturated heterocycles. The molecule has 18 heteroatoms. The summed E-state index contributed by atoms with van der Waals surface area (Å²) < 4.78 is 6.52. The molecule has 6 amide bonds. The van der Waals surface area contributed by atoms with Gasteiger partial charge in [0.2, 0.25) is 29.5 Å². The Morgan fingerprint density at radius 1 is 0.833 bits per heavy atom. The predicted molar refractivity (Wildman–Crippen MR) is 276 cm³/mol. The SMILES string of the molecule is CC(=O)N(C)[C@H](C(=O)N1C[C@H](Oc2ccc3c(c2)C(=O)N([C@H](C(=O)N2C[C@H](O)CC2(C)C(=O)NCc2ccc(-c4scnc4C)cc2)C(C)C)C3)C[C@H]1C(=O)NCc1ccc(-c2scnc2C)cc1)C(C)C.